The quantitative estimate of drug-likeness (QED) is 0.798. The van der Waals surface area contributed by atoms with E-state index in [0.717, 1.165) is 18.7 Å². The summed E-state index contributed by atoms with van der Waals surface area (Å²) in [4.78, 5) is 2.41. The van der Waals surface area contributed by atoms with Crippen LogP contribution in [0.25, 0.3) is 0 Å². The van der Waals surface area contributed by atoms with Crippen LogP contribution in [-0.2, 0) is 14.0 Å². The third-order valence-corrected chi connectivity index (χ3v) is 4.47. The Bertz CT molecular complexity index is 615. The summed E-state index contributed by atoms with van der Waals surface area (Å²) in [5.41, 5.74) is 2.41. The molecule has 0 unspecified atom stereocenters. The Balaban J connectivity index is 1.78. The Hall–Kier alpha value is -1.66. The predicted octanol–water partition coefficient (Wildman–Crippen LogP) is 2.83. The van der Waals surface area contributed by atoms with Crippen molar-refractivity contribution in [3.8, 4) is 0 Å². The second-order valence-electron chi connectivity index (χ2n) is 5.89. The number of hydrogen-bond donors (Lipinski definition) is 0. The van der Waals surface area contributed by atoms with Gasteiger partial charge in [-0.2, -0.15) is 0 Å². The van der Waals surface area contributed by atoms with Gasteiger partial charge in [-0.05, 0) is 11.1 Å². The molecule has 5 heteroatoms. The summed E-state index contributed by atoms with van der Waals surface area (Å²) in [6.45, 7) is 3.00. The fourth-order valence-corrected chi connectivity index (χ4v) is 3.37. The minimum atomic E-state index is -0.589. The van der Waals surface area contributed by atoms with Gasteiger partial charge in [-0.15, -0.1) is 0 Å². The molecule has 23 heavy (non-hydrogen) atoms. The largest absolute Gasteiger partial charge is 0.640 e. The summed E-state index contributed by atoms with van der Waals surface area (Å²) in [5.74, 6) is 0. The maximum absolute atomic E-state index is 6.23. The van der Waals surface area contributed by atoms with E-state index in [9.17, 15) is 0 Å². The van der Waals surface area contributed by atoms with Gasteiger partial charge < -0.3 is 14.0 Å². The van der Waals surface area contributed by atoms with E-state index >= 15 is 0 Å². The molecule has 2 aromatic carbocycles. The van der Waals surface area contributed by atoms with Crippen LogP contribution in [0.2, 0.25) is 0 Å². The summed E-state index contributed by atoms with van der Waals surface area (Å²) in [6.07, 6.45) is -0.121. The van der Waals surface area contributed by atoms with Crippen molar-refractivity contribution in [1.29, 1.82) is 0 Å². The summed E-state index contributed by atoms with van der Waals surface area (Å²) in [5, 5.41) is 0. The topological polar surface area (TPSA) is 30.9 Å². The highest BCUT2D eigenvalue weighted by molar-refractivity contribution is 6.36. The lowest BCUT2D eigenvalue weighted by Crippen LogP contribution is -2.48. The smallest absolute Gasteiger partial charge is 0.385 e. The molecule has 0 radical (unpaired) electrons. The zero-order valence-corrected chi connectivity index (χ0v) is 13.0. The average Bonchev–Trinajstić information content (AvgIpc) is 2.55. The predicted molar refractivity (Wildman–Crippen MR) is 88.7 cm³/mol. The van der Waals surface area contributed by atoms with Crippen LogP contribution in [0.4, 0.5) is 0 Å². The Morgan fingerprint density at radius 2 is 1.35 bits per heavy atom. The normalized spacial score (nSPS) is 28.0. The van der Waals surface area contributed by atoms with E-state index in [1.807, 2.05) is 18.2 Å². The maximum Gasteiger partial charge on any atom is 0.640 e. The summed E-state index contributed by atoms with van der Waals surface area (Å²) in [6, 6.07) is 21.1. The van der Waals surface area contributed by atoms with Crippen LogP contribution >= 0.6 is 0 Å². The molecule has 2 bridgehead atoms. The molecule has 5 rings (SSSR count). The molecule has 3 aliphatic rings. The van der Waals surface area contributed by atoms with Gasteiger partial charge in [0.15, 0.2) is 0 Å². The monoisotopic (exact) mass is 309 g/mol. The molecule has 2 atom stereocenters. The van der Waals surface area contributed by atoms with Gasteiger partial charge >= 0.3 is 7.32 Å². The third-order valence-electron chi connectivity index (χ3n) is 4.47. The molecule has 3 saturated heterocycles. The van der Waals surface area contributed by atoms with Crippen LogP contribution in [0.3, 0.4) is 0 Å². The van der Waals surface area contributed by atoms with Crippen LogP contribution in [-0.4, -0.2) is 38.5 Å². The molecule has 3 heterocycles. The van der Waals surface area contributed by atoms with Crippen LogP contribution in [0.1, 0.15) is 23.3 Å². The van der Waals surface area contributed by atoms with E-state index in [1.54, 1.807) is 0 Å². The lowest BCUT2D eigenvalue weighted by molar-refractivity contribution is -0.0547. The van der Waals surface area contributed by atoms with Gasteiger partial charge in [0.1, 0.15) is 0 Å². The Labute approximate surface area is 137 Å². The second kappa shape index (κ2) is 6.85. The van der Waals surface area contributed by atoms with E-state index in [0.29, 0.717) is 13.2 Å². The van der Waals surface area contributed by atoms with Crippen molar-refractivity contribution >= 4 is 7.32 Å². The van der Waals surface area contributed by atoms with Gasteiger partial charge in [0.2, 0.25) is 0 Å². The molecule has 0 saturated carbocycles. The summed E-state index contributed by atoms with van der Waals surface area (Å²) < 4.78 is 17.6. The molecule has 0 spiro atoms. The van der Waals surface area contributed by atoms with Crippen LogP contribution in [0, 0.1) is 0 Å². The average molecular weight is 309 g/mol. The number of hydrogen-bond acceptors (Lipinski definition) is 4. The molecule has 3 aliphatic heterocycles. The highest BCUT2D eigenvalue weighted by Crippen LogP contribution is 2.39. The summed E-state index contributed by atoms with van der Waals surface area (Å²) >= 11 is 0. The van der Waals surface area contributed by atoms with Gasteiger partial charge in [-0.25, -0.2) is 0 Å². The van der Waals surface area contributed by atoms with Crippen molar-refractivity contribution in [2.24, 2.45) is 0 Å². The van der Waals surface area contributed by atoms with Crippen LogP contribution in [0.5, 0.6) is 0 Å². The fourth-order valence-electron chi connectivity index (χ4n) is 3.37. The number of fused-ring (bicyclic) bond motifs is 6. The van der Waals surface area contributed by atoms with Gasteiger partial charge in [0, 0.05) is 26.3 Å². The van der Waals surface area contributed by atoms with Crippen molar-refractivity contribution in [1.82, 2.24) is 4.90 Å². The third kappa shape index (κ3) is 3.19. The van der Waals surface area contributed by atoms with Crippen LogP contribution < -0.4 is 0 Å². The first-order chi connectivity index (χ1) is 11.4. The van der Waals surface area contributed by atoms with Crippen LogP contribution in [0.15, 0.2) is 60.7 Å². The molecule has 0 N–H and O–H groups in total. The molecule has 3 fully saturated rings. The van der Waals surface area contributed by atoms with E-state index in [2.05, 4.69) is 47.4 Å². The molecule has 4 nitrogen and oxygen atoms in total. The molecule has 0 aliphatic carbocycles. The van der Waals surface area contributed by atoms with Gasteiger partial charge in [-0.1, -0.05) is 60.7 Å². The van der Waals surface area contributed by atoms with Crippen molar-refractivity contribution in [2.75, 3.05) is 26.3 Å². The van der Waals surface area contributed by atoms with Crippen molar-refractivity contribution < 1.29 is 14.0 Å². The summed E-state index contributed by atoms with van der Waals surface area (Å²) in [7, 11) is -0.589. The zero-order valence-electron chi connectivity index (χ0n) is 13.0. The highest BCUT2D eigenvalue weighted by Gasteiger charge is 2.40. The maximum atomic E-state index is 6.23. The second-order valence-corrected chi connectivity index (χ2v) is 5.89. The molecule has 0 aromatic heterocycles. The Morgan fingerprint density at radius 3 is 1.96 bits per heavy atom. The van der Waals surface area contributed by atoms with E-state index in [1.165, 1.54) is 5.56 Å². The first-order valence-electron chi connectivity index (χ1n) is 8.14. The first-order valence-corrected chi connectivity index (χ1v) is 8.14. The Kier molecular flexibility index (Phi) is 4.44. The molecular weight excluding hydrogens is 289 g/mol. The number of nitrogens with zero attached hydrogens (tertiary/aromatic N) is 1. The van der Waals surface area contributed by atoms with E-state index < -0.39 is 7.32 Å². The zero-order chi connectivity index (χ0) is 15.5. The lowest BCUT2D eigenvalue weighted by Gasteiger charge is -2.42. The van der Waals surface area contributed by atoms with Gasteiger partial charge in [0.25, 0.3) is 0 Å². The molecule has 118 valence electrons. The molecular formula is C18H20BNO3. The number of benzene rings is 2. The van der Waals surface area contributed by atoms with Gasteiger partial charge in [0.05, 0.1) is 12.1 Å². The molecule has 2 aromatic rings. The molecule has 0 amide bonds. The first kappa shape index (κ1) is 14.9. The minimum Gasteiger partial charge on any atom is -0.385 e. The standard InChI is InChI=1S/C18H20BNO3/c1-3-7-15(8-4-1)17-18(16-9-5-2-6-10-16)23-19-21-13-11-20(17)12-14-22-19/h1-10,17-18H,11-14H2/t17-,18+/m0/s1. The number of rotatable bonds is 2. The van der Waals surface area contributed by atoms with Crippen molar-refractivity contribution in [3.63, 3.8) is 0 Å². The van der Waals surface area contributed by atoms with E-state index in [4.69, 9.17) is 14.0 Å². The fraction of sp³-hybridized carbons (Fsp3) is 0.333. The van der Waals surface area contributed by atoms with Crippen molar-refractivity contribution in [2.45, 2.75) is 12.1 Å². The highest BCUT2D eigenvalue weighted by atomic mass is 16.7. The SMILES string of the molecule is c1ccc([C@H]2OB3OCCN(CCO3)[C@H]2c2ccccc2)cc1. The van der Waals surface area contributed by atoms with Crippen molar-refractivity contribution in [3.05, 3.63) is 71.8 Å². The van der Waals surface area contributed by atoms with Gasteiger partial charge in [-0.3, -0.25) is 4.90 Å². The lowest BCUT2D eigenvalue weighted by atomic mass is 9.92. The van der Waals surface area contributed by atoms with E-state index in [-0.39, 0.29) is 12.1 Å². The Morgan fingerprint density at radius 1 is 0.783 bits per heavy atom. The minimum absolute atomic E-state index is 0.121.